The molecule has 0 saturated heterocycles. The van der Waals surface area contributed by atoms with Gasteiger partial charge in [0.1, 0.15) is 11.5 Å². The number of aliphatic hydroxyl groups is 2. The summed E-state index contributed by atoms with van der Waals surface area (Å²) in [5.41, 5.74) is 1.80. The molecule has 0 aliphatic rings. The average Bonchev–Trinajstić information content (AvgIpc) is 2.98. The molecule has 0 fully saturated rings. The molecule has 11 heteroatoms. The van der Waals surface area contributed by atoms with Gasteiger partial charge in [0.25, 0.3) is 11.4 Å². The maximum absolute atomic E-state index is 10.5. The van der Waals surface area contributed by atoms with Gasteiger partial charge in [-0.25, -0.2) is 0 Å². The molecule has 0 spiro atoms. The molecule has 204 valence electrons. The van der Waals surface area contributed by atoms with Gasteiger partial charge in [-0.05, 0) is 48.5 Å². The van der Waals surface area contributed by atoms with Gasteiger partial charge < -0.3 is 10.2 Å². The van der Waals surface area contributed by atoms with E-state index in [-0.39, 0.29) is 56.2 Å². The second-order valence-electron chi connectivity index (χ2n) is 8.17. The fraction of sp³-hybridized carbons (Fsp3) is 0. The van der Waals surface area contributed by atoms with Gasteiger partial charge in [-0.3, -0.25) is 29.8 Å². The predicted molar refractivity (Wildman–Crippen MR) is 152 cm³/mol. The minimum absolute atomic E-state index is 0. The van der Waals surface area contributed by atoms with Crippen molar-refractivity contribution < 1.29 is 51.4 Å². The van der Waals surface area contributed by atoms with Crippen molar-refractivity contribution in [2.45, 2.75) is 0 Å². The number of nitro groups is 2. The van der Waals surface area contributed by atoms with E-state index in [0.29, 0.717) is 22.3 Å². The van der Waals surface area contributed by atoms with Gasteiger partial charge in [-0.2, -0.15) is 0 Å². The zero-order chi connectivity index (χ0) is 29.1. The van der Waals surface area contributed by atoms with E-state index >= 15 is 0 Å². The zero-order valence-electron chi connectivity index (χ0n) is 21.4. The van der Waals surface area contributed by atoms with E-state index in [2.05, 4.69) is 0 Å². The van der Waals surface area contributed by atoms with Crippen LogP contribution < -0.4 is 0 Å². The number of ketones is 2. The van der Waals surface area contributed by atoms with Crippen LogP contribution in [0.1, 0.15) is 22.3 Å². The Hall–Kier alpha value is -5.19. The Morgan fingerprint density at radius 1 is 0.537 bits per heavy atom. The third-order valence-corrected chi connectivity index (χ3v) is 5.43. The number of hydrogen-bond acceptors (Lipinski definition) is 6. The number of aliphatic hydroxyl groups excluding tert-OH is 2. The summed E-state index contributed by atoms with van der Waals surface area (Å²) in [6, 6.07) is 28.3. The standard InChI is InChI=1S/2C15H11NO4.Ti/c2*17-14(11-4-2-1-3-5-11)10-15(18)12-6-8-13(9-7-12)16(19)20;/h2*1-10,18H;/p+2/b2*15-10-;. The summed E-state index contributed by atoms with van der Waals surface area (Å²) in [5.74, 6) is -0.495. The van der Waals surface area contributed by atoms with Crippen LogP contribution in [0.4, 0.5) is 11.4 Å². The molecule has 4 rings (SSSR count). The van der Waals surface area contributed by atoms with E-state index in [4.69, 9.17) is 0 Å². The molecule has 4 aromatic rings. The number of nitro benzene ring substituents is 2. The Kier molecular flexibility index (Phi) is 12.0. The normalized spacial score (nSPS) is 10.8. The van der Waals surface area contributed by atoms with Crippen LogP contribution in [-0.4, -0.2) is 41.2 Å². The van der Waals surface area contributed by atoms with Crippen molar-refractivity contribution in [3.8, 4) is 0 Å². The first kappa shape index (κ1) is 32.0. The molecule has 0 aromatic heterocycles. The van der Waals surface area contributed by atoms with E-state index in [1.165, 1.54) is 60.7 Å². The van der Waals surface area contributed by atoms with Crippen molar-refractivity contribution in [3.05, 3.63) is 164 Å². The van der Waals surface area contributed by atoms with E-state index in [0.717, 1.165) is 0 Å². The third kappa shape index (κ3) is 9.50. The maximum atomic E-state index is 10.5. The molecule has 0 unspecified atom stereocenters. The molecular weight excluding hydrogens is 564 g/mol. The molecular formula is C30H24N2O8Ti+2. The average molecular weight is 588 g/mol. The van der Waals surface area contributed by atoms with E-state index in [9.17, 15) is 40.0 Å². The molecule has 0 aliphatic carbocycles. The van der Waals surface area contributed by atoms with Crippen LogP contribution in [0.5, 0.6) is 0 Å². The van der Waals surface area contributed by atoms with Crippen molar-refractivity contribution in [2.24, 2.45) is 0 Å². The monoisotopic (exact) mass is 588 g/mol. The zero-order valence-corrected chi connectivity index (χ0v) is 22.9. The minimum Gasteiger partial charge on any atom is -0.507 e. The molecule has 4 N–H and O–H groups in total. The summed E-state index contributed by atoms with van der Waals surface area (Å²) < 4.78 is 0. The Morgan fingerprint density at radius 3 is 1.10 bits per heavy atom. The van der Waals surface area contributed by atoms with Crippen molar-refractivity contribution in [1.82, 2.24) is 0 Å². The van der Waals surface area contributed by atoms with Gasteiger partial charge in [0, 0.05) is 57.1 Å². The molecule has 41 heavy (non-hydrogen) atoms. The second-order valence-corrected chi connectivity index (χ2v) is 8.17. The van der Waals surface area contributed by atoms with Crippen LogP contribution in [-0.2, 0) is 21.7 Å². The summed E-state index contributed by atoms with van der Waals surface area (Å²) >= 11 is 0. The van der Waals surface area contributed by atoms with E-state index < -0.39 is 9.85 Å². The fourth-order valence-electron chi connectivity index (χ4n) is 3.32. The first-order chi connectivity index (χ1) is 19.2. The molecule has 4 aromatic carbocycles. The van der Waals surface area contributed by atoms with Crippen LogP contribution in [0.15, 0.2) is 121 Å². The van der Waals surface area contributed by atoms with Crippen LogP contribution >= 0.6 is 0 Å². The quantitative estimate of drug-likeness (QED) is 0.0474. The van der Waals surface area contributed by atoms with Gasteiger partial charge in [0.05, 0.1) is 33.1 Å². The number of benzene rings is 4. The fourth-order valence-corrected chi connectivity index (χ4v) is 3.32. The van der Waals surface area contributed by atoms with Gasteiger partial charge in [-0.15, -0.1) is 0 Å². The maximum Gasteiger partial charge on any atom is 0.350 e. The predicted octanol–water partition coefficient (Wildman–Crippen LogP) is 6.17. The Morgan fingerprint density at radius 2 is 0.829 bits per heavy atom. The van der Waals surface area contributed by atoms with Crippen LogP contribution in [0.2, 0.25) is 0 Å². The van der Waals surface area contributed by atoms with Crippen LogP contribution in [0, 0.1) is 20.2 Å². The molecule has 0 heterocycles. The summed E-state index contributed by atoms with van der Waals surface area (Å²) in [6.07, 6.45) is 2.41. The van der Waals surface area contributed by atoms with Gasteiger partial charge in [0.15, 0.2) is 0 Å². The number of allylic oxidation sites excluding steroid dienone is 2. The number of carbonyl (C=O) groups excluding carboxylic acids is 2. The number of hydrogen-bond donors (Lipinski definition) is 2. The number of rotatable bonds is 8. The molecule has 0 amide bonds. The van der Waals surface area contributed by atoms with Crippen molar-refractivity contribution in [2.75, 3.05) is 0 Å². The van der Waals surface area contributed by atoms with Gasteiger partial charge in [0.2, 0.25) is 0 Å². The number of non-ortho nitro benzene ring substituents is 2. The molecule has 0 atom stereocenters. The molecule has 0 aliphatic heterocycles. The third-order valence-electron chi connectivity index (χ3n) is 5.43. The number of nitrogens with zero attached hydrogens (tertiary/aromatic N) is 2. The minimum atomic E-state index is -0.516. The Labute approximate surface area is 249 Å². The molecule has 0 radical (unpaired) electrons. The molecule has 0 saturated carbocycles. The van der Waals surface area contributed by atoms with Crippen molar-refractivity contribution in [1.29, 1.82) is 0 Å². The van der Waals surface area contributed by atoms with Crippen molar-refractivity contribution in [3.63, 3.8) is 0 Å². The molecule has 10 nitrogen and oxygen atoms in total. The second kappa shape index (κ2) is 15.4. The Balaban J connectivity index is 0.000000280. The first-order valence-electron chi connectivity index (χ1n) is 11.7. The van der Waals surface area contributed by atoms with Crippen LogP contribution in [0.25, 0.3) is 11.5 Å². The summed E-state index contributed by atoms with van der Waals surface area (Å²) in [4.78, 5) is 39.8. The van der Waals surface area contributed by atoms with Crippen molar-refractivity contribution >= 4 is 34.5 Å². The van der Waals surface area contributed by atoms with E-state index in [1.807, 2.05) is 12.1 Å². The summed E-state index contributed by atoms with van der Waals surface area (Å²) in [5, 5.41) is 40.8. The van der Waals surface area contributed by atoms with Crippen LogP contribution in [0.3, 0.4) is 0 Å². The Bertz CT molecular complexity index is 1450. The first-order valence-corrected chi connectivity index (χ1v) is 11.7. The summed E-state index contributed by atoms with van der Waals surface area (Å²) in [7, 11) is 0. The SMILES string of the molecule is O=[N+]([O-])c1ccc(/C(O)=C/C(=[OH+])c2ccccc2)cc1.O=[N+]([O-])c1ccc(/C(O)=C/C(=[OH+])c2ccccc2)cc1.[Ti]. The largest absolute Gasteiger partial charge is 0.507 e. The topological polar surface area (TPSA) is 170 Å². The summed E-state index contributed by atoms with van der Waals surface area (Å²) in [6.45, 7) is 0. The van der Waals surface area contributed by atoms with E-state index in [1.54, 1.807) is 48.5 Å². The molecule has 0 bridgehead atoms. The van der Waals surface area contributed by atoms with Gasteiger partial charge >= 0.3 is 11.6 Å². The van der Waals surface area contributed by atoms with Gasteiger partial charge in [-0.1, -0.05) is 36.4 Å². The smallest absolute Gasteiger partial charge is 0.350 e.